The second kappa shape index (κ2) is 8.45. The molecule has 1 saturated carbocycles. The van der Waals surface area contributed by atoms with E-state index in [0.717, 1.165) is 28.2 Å². The van der Waals surface area contributed by atoms with Gasteiger partial charge in [-0.3, -0.25) is 0 Å². The van der Waals surface area contributed by atoms with Crippen LogP contribution in [0.5, 0.6) is 0 Å². The Kier molecular flexibility index (Phi) is 5.59. The van der Waals surface area contributed by atoms with Crippen molar-refractivity contribution in [1.29, 1.82) is 0 Å². The maximum Gasteiger partial charge on any atom is 0.229 e. The van der Waals surface area contributed by atoms with Gasteiger partial charge in [0.15, 0.2) is 5.65 Å². The number of benzene rings is 1. The summed E-state index contributed by atoms with van der Waals surface area (Å²) < 4.78 is 2.04. The first-order valence-electron chi connectivity index (χ1n) is 9.46. The number of thioether (sulfide) groups is 1. The zero-order chi connectivity index (χ0) is 18.5. The quantitative estimate of drug-likeness (QED) is 0.488. The van der Waals surface area contributed by atoms with Crippen LogP contribution in [0.1, 0.15) is 39.0 Å². The topological polar surface area (TPSA) is 55.6 Å². The number of nitrogens with one attached hydrogen (secondary N) is 1. The maximum absolute atomic E-state index is 4.72. The van der Waals surface area contributed by atoms with Crippen molar-refractivity contribution in [2.75, 3.05) is 5.32 Å². The first-order chi connectivity index (χ1) is 13.3. The van der Waals surface area contributed by atoms with Crippen molar-refractivity contribution in [3.8, 4) is 11.2 Å². The summed E-state index contributed by atoms with van der Waals surface area (Å²) in [5, 5.41) is 11.8. The van der Waals surface area contributed by atoms with Gasteiger partial charge in [0.25, 0.3) is 0 Å². The van der Waals surface area contributed by atoms with Crippen LogP contribution in [-0.4, -0.2) is 19.7 Å². The molecule has 0 saturated heterocycles. The zero-order valence-corrected chi connectivity index (χ0v) is 16.3. The van der Waals surface area contributed by atoms with E-state index in [2.05, 4.69) is 26.6 Å². The molecule has 0 spiro atoms. The van der Waals surface area contributed by atoms with Crippen LogP contribution in [0.25, 0.3) is 11.0 Å². The van der Waals surface area contributed by atoms with E-state index in [0.29, 0.717) is 11.9 Å². The number of hydrogen-bond acceptors (Lipinski definition) is 5. The van der Waals surface area contributed by atoms with Gasteiger partial charge in [0.05, 0.1) is 11.6 Å². The Morgan fingerprint density at radius 2 is 1.96 bits per heavy atom. The first kappa shape index (κ1) is 17.9. The molecular formula is C21H23N5S. The van der Waals surface area contributed by atoms with E-state index in [4.69, 9.17) is 4.98 Å². The van der Waals surface area contributed by atoms with Crippen molar-refractivity contribution in [3.63, 3.8) is 0 Å². The molecule has 2 aromatic heterocycles. The Hall–Kier alpha value is -2.52. The van der Waals surface area contributed by atoms with Crippen LogP contribution in [0.3, 0.4) is 0 Å². The second-order valence-electron chi connectivity index (χ2n) is 6.91. The van der Waals surface area contributed by atoms with Crippen LogP contribution in [0.15, 0.2) is 41.6 Å². The minimum absolute atomic E-state index is 0.599. The van der Waals surface area contributed by atoms with Crippen LogP contribution < -0.4 is 5.32 Å². The van der Waals surface area contributed by atoms with Gasteiger partial charge < -0.3 is 5.32 Å². The Bertz CT molecular complexity index is 962. The molecule has 5 nitrogen and oxygen atoms in total. The van der Waals surface area contributed by atoms with Crippen molar-refractivity contribution in [2.24, 2.45) is 5.92 Å². The van der Waals surface area contributed by atoms with E-state index >= 15 is 0 Å². The molecule has 1 aliphatic rings. The highest BCUT2D eigenvalue weighted by Crippen LogP contribution is 2.26. The molecule has 27 heavy (non-hydrogen) atoms. The summed E-state index contributed by atoms with van der Waals surface area (Å²) in [5.74, 6) is 4.20. The summed E-state index contributed by atoms with van der Waals surface area (Å²) in [6.07, 6.45) is 10.3. The summed E-state index contributed by atoms with van der Waals surface area (Å²) in [6, 6.07) is 8.13. The highest BCUT2D eigenvalue weighted by molar-refractivity contribution is 8.03. The number of aromatic nitrogens is 4. The average Bonchev–Trinajstić information content (AvgIpc) is 3.10. The van der Waals surface area contributed by atoms with E-state index in [1.807, 2.05) is 48.3 Å². The van der Waals surface area contributed by atoms with Crippen molar-refractivity contribution in [1.82, 2.24) is 19.7 Å². The molecule has 138 valence electrons. The third kappa shape index (κ3) is 4.42. The van der Waals surface area contributed by atoms with Crippen LogP contribution in [-0.2, 0) is 6.54 Å². The van der Waals surface area contributed by atoms with Gasteiger partial charge in [-0.1, -0.05) is 25.2 Å². The lowest BCUT2D eigenvalue weighted by molar-refractivity contribution is 0.311. The fourth-order valence-corrected chi connectivity index (χ4v) is 4.01. The molecule has 0 bridgehead atoms. The summed E-state index contributed by atoms with van der Waals surface area (Å²) in [4.78, 5) is 10.3. The monoisotopic (exact) mass is 377 g/mol. The fraction of sp³-hybridized carbons (Fsp3) is 0.381. The summed E-state index contributed by atoms with van der Waals surface area (Å²) >= 11 is 1.53. The number of nitrogens with zero attached hydrogens (tertiary/aromatic N) is 4. The lowest BCUT2D eigenvalue weighted by Crippen LogP contribution is -2.15. The zero-order valence-electron chi connectivity index (χ0n) is 15.5. The van der Waals surface area contributed by atoms with Crippen LogP contribution in [0.2, 0.25) is 0 Å². The van der Waals surface area contributed by atoms with Crippen molar-refractivity contribution in [2.45, 2.75) is 50.5 Å². The highest BCUT2D eigenvalue weighted by atomic mass is 32.2. The normalized spacial score (nSPS) is 14.7. The smallest absolute Gasteiger partial charge is 0.229 e. The largest absolute Gasteiger partial charge is 0.324 e. The Balaban J connectivity index is 1.50. The van der Waals surface area contributed by atoms with Gasteiger partial charge in [-0.25, -0.2) is 9.67 Å². The fourth-order valence-electron chi connectivity index (χ4n) is 3.52. The first-order valence-corrected chi connectivity index (χ1v) is 10.3. The molecule has 0 aliphatic heterocycles. The number of fused-ring (bicyclic) bond motifs is 1. The van der Waals surface area contributed by atoms with E-state index in [-0.39, 0.29) is 0 Å². The third-order valence-corrected chi connectivity index (χ3v) is 5.73. The lowest BCUT2D eigenvalue weighted by atomic mass is 9.89. The second-order valence-corrected chi connectivity index (χ2v) is 7.79. The Labute approximate surface area is 164 Å². The minimum atomic E-state index is 0.599. The molecule has 0 amide bonds. The number of anilines is 2. The molecule has 1 fully saturated rings. The number of hydrogen-bond donors (Lipinski definition) is 1. The minimum Gasteiger partial charge on any atom is -0.324 e. The summed E-state index contributed by atoms with van der Waals surface area (Å²) in [5.41, 5.74) is 1.87. The molecule has 1 aromatic carbocycles. The van der Waals surface area contributed by atoms with Crippen molar-refractivity contribution in [3.05, 3.63) is 36.7 Å². The standard InChI is InChI=1S/C21H23N5S/c1-2-12-27-19-10-8-18(9-11-19)24-21-22-13-17-14-23-26(20(17)25-21)15-16-6-4-3-5-7-16/h8-11,13-14,16H,3-7,15H2,1H3,(H,22,24,25). The van der Waals surface area contributed by atoms with Crippen molar-refractivity contribution < 1.29 is 0 Å². The maximum atomic E-state index is 4.72. The molecule has 4 rings (SSSR count). The molecule has 0 atom stereocenters. The van der Waals surface area contributed by atoms with Crippen LogP contribution in [0, 0.1) is 17.1 Å². The molecule has 0 radical (unpaired) electrons. The summed E-state index contributed by atoms with van der Waals surface area (Å²) in [7, 11) is 0. The number of rotatable bonds is 5. The van der Waals surface area contributed by atoms with Gasteiger partial charge in [-0.15, -0.1) is 0 Å². The molecular weight excluding hydrogens is 354 g/mol. The van der Waals surface area contributed by atoms with Gasteiger partial charge in [-0.05, 0) is 67.0 Å². The van der Waals surface area contributed by atoms with Gasteiger partial charge in [0, 0.05) is 23.3 Å². The predicted molar refractivity (Wildman–Crippen MR) is 111 cm³/mol. The molecule has 0 unspecified atom stereocenters. The Morgan fingerprint density at radius 3 is 2.74 bits per heavy atom. The van der Waals surface area contributed by atoms with Gasteiger partial charge >= 0.3 is 0 Å². The van der Waals surface area contributed by atoms with E-state index in [1.165, 1.54) is 43.9 Å². The molecule has 6 heteroatoms. The van der Waals surface area contributed by atoms with E-state index < -0.39 is 0 Å². The van der Waals surface area contributed by atoms with Crippen LogP contribution >= 0.6 is 11.8 Å². The van der Waals surface area contributed by atoms with Gasteiger partial charge in [0.1, 0.15) is 0 Å². The lowest BCUT2D eigenvalue weighted by Gasteiger charge is -2.21. The van der Waals surface area contributed by atoms with Crippen LogP contribution in [0.4, 0.5) is 11.6 Å². The van der Waals surface area contributed by atoms with Crippen molar-refractivity contribution >= 4 is 34.4 Å². The molecule has 1 aliphatic carbocycles. The van der Waals surface area contributed by atoms with E-state index in [1.54, 1.807) is 0 Å². The van der Waals surface area contributed by atoms with Gasteiger partial charge in [0.2, 0.25) is 5.95 Å². The molecule has 2 heterocycles. The molecule has 3 aromatic rings. The summed E-state index contributed by atoms with van der Waals surface area (Å²) in [6.45, 7) is 2.79. The predicted octanol–water partition coefficient (Wildman–Crippen LogP) is 5.22. The highest BCUT2D eigenvalue weighted by Gasteiger charge is 2.16. The SMILES string of the molecule is CC#CSc1ccc(Nc2ncc3cnn(CC4CCCCC4)c3n2)cc1. The van der Waals surface area contributed by atoms with E-state index in [9.17, 15) is 0 Å². The Morgan fingerprint density at radius 1 is 1.15 bits per heavy atom. The molecule has 1 N–H and O–H groups in total. The third-order valence-electron chi connectivity index (χ3n) is 4.91. The average molecular weight is 378 g/mol. The van der Waals surface area contributed by atoms with Gasteiger partial charge in [-0.2, -0.15) is 10.1 Å².